The number of nitrogens with zero attached hydrogens (tertiary/aromatic N) is 3. The maximum atomic E-state index is 13.0. The van der Waals surface area contributed by atoms with E-state index in [9.17, 15) is 18.0 Å². The summed E-state index contributed by atoms with van der Waals surface area (Å²) >= 11 is 0. The summed E-state index contributed by atoms with van der Waals surface area (Å²) in [5.74, 6) is 0.976. The van der Waals surface area contributed by atoms with E-state index >= 15 is 0 Å². The van der Waals surface area contributed by atoms with E-state index in [0.29, 0.717) is 30.2 Å². The molecule has 0 spiro atoms. The first-order chi connectivity index (χ1) is 18.2. The van der Waals surface area contributed by atoms with Gasteiger partial charge in [-0.2, -0.15) is 13.2 Å². The number of halogens is 3. The average Bonchev–Trinajstić information content (AvgIpc) is 2.90. The summed E-state index contributed by atoms with van der Waals surface area (Å²) in [7, 11) is 0. The quantitative estimate of drug-likeness (QED) is 0.241. The Kier molecular flexibility index (Phi) is 10.1. The summed E-state index contributed by atoms with van der Waals surface area (Å²) < 4.78 is 49.7. The molecule has 6 nitrogen and oxygen atoms in total. The second-order valence-corrected chi connectivity index (χ2v) is 8.91. The van der Waals surface area contributed by atoms with Gasteiger partial charge < -0.3 is 14.4 Å². The lowest BCUT2D eigenvalue weighted by molar-refractivity contribution is -0.145. The highest BCUT2D eigenvalue weighted by Crippen LogP contribution is 2.33. The van der Waals surface area contributed by atoms with Crippen molar-refractivity contribution in [3.63, 3.8) is 0 Å². The first kappa shape index (κ1) is 28.9. The maximum absolute atomic E-state index is 13.0. The molecule has 0 unspecified atom stereocenters. The van der Waals surface area contributed by atoms with E-state index in [1.165, 1.54) is 18.5 Å². The molecule has 0 bridgehead atoms. The highest BCUT2D eigenvalue weighted by Gasteiger charge is 2.30. The number of ether oxygens (including phenoxy) is 2. The van der Waals surface area contributed by atoms with Crippen LogP contribution in [0.3, 0.4) is 0 Å². The summed E-state index contributed by atoms with van der Waals surface area (Å²) in [4.78, 5) is 22.8. The molecule has 0 saturated carbocycles. The molecule has 1 heterocycles. The van der Waals surface area contributed by atoms with Gasteiger partial charge in [-0.25, -0.2) is 14.8 Å². The molecule has 0 amide bonds. The van der Waals surface area contributed by atoms with Gasteiger partial charge in [0.1, 0.15) is 17.9 Å². The molecule has 0 fully saturated rings. The van der Waals surface area contributed by atoms with Gasteiger partial charge in [-0.05, 0) is 56.0 Å². The predicted octanol–water partition coefficient (Wildman–Crippen LogP) is 6.78. The molecule has 0 N–H and O–H groups in total. The number of alkyl halides is 3. The average molecular weight is 530 g/mol. The molecule has 0 aliphatic carbocycles. The second kappa shape index (κ2) is 13.3. The Bertz CT molecular complexity index is 1210. The van der Waals surface area contributed by atoms with E-state index in [1.807, 2.05) is 26.0 Å². The molecule has 3 aromatic rings. The van der Waals surface area contributed by atoms with Gasteiger partial charge in [-0.3, -0.25) is 0 Å². The molecule has 3 rings (SSSR count). The van der Waals surface area contributed by atoms with Crippen LogP contribution in [0, 0.1) is 6.92 Å². The number of benzene rings is 2. The van der Waals surface area contributed by atoms with Crippen LogP contribution in [-0.2, 0) is 28.7 Å². The monoisotopic (exact) mass is 529 g/mol. The van der Waals surface area contributed by atoms with Crippen molar-refractivity contribution in [2.24, 2.45) is 0 Å². The molecule has 38 heavy (non-hydrogen) atoms. The van der Waals surface area contributed by atoms with Gasteiger partial charge in [-0.1, -0.05) is 44.5 Å². The van der Waals surface area contributed by atoms with Crippen LogP contribution in [0.15, 0.2) is 48.8 Å². The zero-order valence-electron chi connectivity index (χ0n) is 22.3. The molecular weight excluding hydrogens is 495 g/mol. The molecule has 204 valence electrons. The SMILES string of the molecule is CCCCN(Cc1ccc(OCC(=O)OCC)c(CC)c1)c1ncnc(-c2ccc(C(F)(F)F)cc2)c1C. The third-order valence-electron chi connectivity index (χ3n) is 6.15. The van der Waals surface area contributed by atoms with E-state index in [2.05, 4.69) is 27.9 Å². The number of esters is 1. The molecule has 0 aliphatic heterocycles. The van der Waals surface area contributed by atoms with E-state index in [-0.39, 0.29) is 6.61 Å². The predicted molar refractivity (Wildman–Crippen MR) is 141 cm³/mol. The first-order valence-electron chi connectivity index (χ1n) is 12.8. The molecule has 2 aromatic carbocycles. The van der Waals surface area contributed by atoms with Gasteiger partial charge in [-0.15, -0.1) is 0 Å². The Morgan fingerprint density at radius 3 is 2.39 bits per heavy atom. The van der Waals surface area contributed by atoms with E-state index in [0.717, 1.165) is 60.4 Å². The zero-order chi connectivity index (χ0) is 27.7. The minimum atomic E-state index is -4.39. The van der Waals surface area contributed by atoms with Crippen LogP contribution in [0.4, 0.5) is 19.0 Å². The normalized spacial score (nSPS) is 11.3. The Hall–Kier alpha value is -3.62. The largest absolute Gasteiger partial charge is 0.482 e. The van der Waals surface area contributed by atoms with Crippen molar-refractivity contribution < 1.29 is 27.4 Å². The number of aryl methyl sites for hydroxylation is 1. The molecule has 0 saturated heterocycles. The summed E-state index contributed by atoms with van der Waals surface area (Å²) in [6.45, 7) is 9.28. The zero-order valence-corrected chi connectivity index (χ0v) is 22.3. The lowest BCUT2D eigenvalue weighted by Crippen LogP contribution is -2.26. The van der Waals surface area contributed by atoms with E-state index < -0.39 is 17.7 Å². The van der Waals surface area contributed by atoms with Crippen molar-refractivity contribution in [2.45, 2.75) is 59.7 Å². The Morgan fingerprint density at radius 1 is 1.03 bits per heavy atom. The smallest absolute Gasteiger partial charge is 0.416 e. The molecule has 0 aliphatic rings. The van der Waals surface area contributed by atoms with Gasteiger partial charge in [0.25, 0.3) is 0 Å². The van der Waals surface area contributed by atoms with Gasteiger partial charge in [0.05, 0.1) is 17.9 Å². The number of carbonyl (C=O) groups is 1. The van der Waals surface area contributed by atoms with Crippen LogP contribution in [-0.4, -0.2) is 35.7 Å². The van der Waals surface area contributed by atoms with Crippen molar-refractivity contribution >= 4 is 11.8 Å². The number of hydrogen-bond donors (Lipinski definition) is 0. The third kappa shape index (κ3) is 7.46. The van der Waals surface area contributed by atoms with Gasteiger partial charge in [0, 0.05) is 24.2 Å². The number of unbranched alkanes of at least 4 members (excludes halogenated alkanes) is 1. The van der Waals surface area contributed by atoms with Crippen LogP contribution in [0.25, 0.3) is 11.3 Å². The maximum Gasteiger partial charge on any atom is 0.416 e. The van der Waals surface area contributed by atoms with Crippen LogP contribution < -0.4 is 9.64 Å². The molecule has 0 radical (unpaired) electrons. The fourth-order valence-electron chi connectivity index (χ4n) is 4.18. The number of rotatable bonds is 12. The fraction of sp³-hybridized carbons (Fsp3) is 0.414. The minimum absolute atomic E-state index is 0.143. The topological polar surface area (TPSA) is 64.5 Å². The van der Waals surface area contributed by atoms with Crippen LogP contribution in [0.2, 0.25) is 0 Å². The number of carbonyl (C=O) groups excluding carboxylic acids is 1. The summed E-state index contributed by atoms with van der Waals surface area (Å²) in [6, 6.07) is 10.9. The number of anilines is 1. The Morgan fingerprint density at radius 2 is 1.76 bits per heavy atom. The lowest BCUT2D eigenvalue weighted by atomic mass is 10.0. The molecular formula is C29H34F3N3O3. The lowest BCUT2D eigenvalue weighted by Gasteiger charge is -2.26. The van der Waals surface area contributed by atoms with Gasteiger partial charge >= 0.3 is 12.1 Å². The van der Waals surface area contributed by atoms with Crippen molar-refractivity contribution in [3.05, 3.63) is 71.0 Å². The standard InChI is InChI=1S/C29H34F3N3O3/c1-5-8-15-35(17-21-9-14-25(22(6-2)16-21)38-18-26(36)37-7-3)28-20(4)27(33-19-34-28)23-10-12-24(13-11-23)29(30,31)32/h9-14,16,19H,5-8,15,17-18H2,1-4H3. The fourth-order valence-corrected chi connectivity index (χ4v) is 4.18. The summed E-state index contributed by atoms with van der Waals surface area (Å²) in [6.07, 6.45) is -0.268. The van der Waals surface area contributed by atoms with Gasteiger partial charge in [0.15, 0.2) is 6.61 Å². The Balaban J connectivity index is 1.87. The molecule has 9 heteroatoms. The van der Waals surface area contributed by atoms with Crippen LogP contribution in [0.5, 0.6) is 5.75 Å². The van der Waals surface area contributed by atoms with Crippen LogP contribution >= 0.6 is 0 Å². The second-order valence-electron chi connectivity index (χ2n) is 8.91. The highest BCUT2D eigenvalue weighted by molar-refractivity contribution is 5.71. The minimum Gasteiger partial charge on any atom is -0.482 e. The van der Waals surface area contributed by atoms with Crippen molar-refractivity contribution in [1.82, 2.24) is 9.97 Å². The van der Waals surface area contributed by atoms with E-state index in [1.54, 1.807) is 6.92 Å². The first-order valence-corrected chi connectivity index (χ1v) is 12.8. The number of aromatic nitrogens is 2. The summed E-state index contributed by atoms with van der Waals surface area (Å²) in [5.41, 5.74) is 3.34. The molecule has 0 atom stereocenters. The van der Waals surface area contributed by atoms with Crippen molar-refractivity contribution in [3.8, 4) is 17.0 Å². The Labute approximate surface area is 221 Å². The summed E-state index contributed by atoms with van der Waals surface area (Å²) in [5, 5.41) is 0. The third-order valence-corrected chi connectivity index (χ3v) is 6.15. The van der Waals surface area contributed by atoms with E-state index in [4.69, 9.17) is 9.47 Å². The number of hydrogen-bond acceptors (Lipinski definition) is 6. The van der Waals surface area contributed by atoms with Gasteiger partial charge in [0.2, 0.25) is 0 Å². The van der Waals surface area contributed by atoms with Crippen molar-refractivity contribution in [1.29, 1.82) is 0 Å². The van der Waals surface area contributed by atoms with Crippen molar-refractivity contribution in [2.75, 3.05) is 24.7 Å². The molecule has 1 aromatic heterocycles. The van der Waals surface area contributed by atoms with Crippen LogP contribution in [0.1, 0.15) is 55.9 Å². The highest BCUT2D eigenvalue weighted by atomic mass is 19.4.